The molecule has 4 saturated carbocycles. The molecule has 4 rings (SSSR count). The molecule has 0 spiro atoms. The molecule has 4 fully saturated rings. The smallest absolute Gasteiger partial charge is 0.337 e. The molecule has 0 heterocycles. The van der Waals surface area contributed by atoms with Crippen molar-refractivity contribution in [3.05, 3.63) is 11.8 Å². The Morgan fingerprint density at radius 1 is 1.04 bits per heavy atom. The first-order valence-electron chi connectivity index (χ1n) is 8.51. The Balaban J connectivity index is 1.57. The highest BCUT2D eigenvalue weighted by molar-refractivity contribution is 9.10. The molecule has 0 aromatic carbocycles. The fourth-order valence-electron chi connectivity index (χ4n) is 4.61. The first kappa shape index (κ1) is 17.0. The van der Waals surface area contributed by atoms with Crippen molar-refractivity contribution in [3.8, 4) is 0 Å². The third-order valence-electron chi connectivity index (χ3n) is 5.53. The van der Waals surface area contributed by atoms with Gasteiger partial charge in [0.15, 0.2) is 0 Å². The van der Waals surface area contributed by atoms with E-state index < -0.39 is 10.3 Å². The van der Waals surface area contributed by atoms with Crippen LogP contribution >= 0.6 is 15.9 Å². The highest BCUT2D eigenvalue weighted by Crippen LogP contribution is 2.54. The van der Waals surface area contributed by atoms with Crippen molar-refractivity contribution in [2.45, 2.75) is 63.3 Å². The van der Waals surface area contributed by atoms with Gasteiger partial charge in [-0.15, -0.1) is 0 Å². The summed E-state index contributed by atoms with van der Waals surface area (Å²) in [7, 11) is 0. The molecular weight excluding hydrogens is 360 g/mol. The first-order valence-corrected chi connectivity index (χ1v) is 9.31. The third kappa shape index (κ3) is 3.65. The van der Waals surface area contributed by atoms with E-state index in [0.29, 0.717) is 17.4 Å². The minimum atomic E-state index is -0.769. The maximum Gasteiger partial charge on any atom is 0.337 e. The molecule has 5 heteroatoms. The van der Waals surface area contributed by atoms with Gasteiger partial charge >= 0.3 is 11.9 Å². The summed E-state index contributed by atoms with van der Waals surface area (Å²) in [6.07, 6.45) is 7.48. The number of hydrogen-bond donors (Lipinski definition) is 0. The number of rotatable bonds is 4. The molecule has 0 atom stereocenters. The van der Waals surface area contributed by atoms with Gasteiger partial charge < -0.3 is 9.47 Å². The lowest BCUT2D eigenvalue weighted by Gasteiger charge is -2.53. The molecule has 0 radical (unpaired) electrons. The summed E-state index contributed by atoms with van der Waals surface area (Å²) in [5, 5.41) is 0. The van der Waals surface area contributed by atoms with Gasteiger partial charge in [0, 0.05) is 0 Å². The first-order chi connectivity index (χ1) is 10.7. The van der Waals surface area contributed by atoms with Gasteiger partial charge in [-0.2, -0.15) is 0 Å². The largest absolute Gasteiger partial charge is 0.458 e. The molecule has 0 aliphatic heterocycles. The predicted octanol–water partition coefficient (Wildman–Crippen LogP) is 3.97. The van der Waals surface area contributed by atoms with Crippen LogP contribution in [0, 0.1) is 23.7 Å². The van der Waals surface area contributed by atoms with E-state index in [2.05, 4.69) is 15.9 Å². The Kier molecular flexibility index (Phi) is 4.60. The zero-order valence-corrected chi connectivity index (χ0v) is 15.6. The monoisotopic (exact) mass is 384 g/mol. The van der Waals surface area contributed by atoms with Crippen molar-refractivity contribution >= 4 is 27.9 Å². The van der Waals surface area contributed by atoms with Gasteiger partial charge in [0.1, 0.15) is 16.7 Å². The van der Waals surface area contributed by atoms with Crippen LogP contribution in [0.1, 0.15) is 52.9 Å². The molecule has 0 amide bonds. The van der Waals surface area contributed by atoms with Crippen LogP contribution < -0.4 is 0 Å². The van der Waals surface area contributed by atoms with Crippen LogP contribution in [-0.4, -0.2) is 22.4 Å². The molecule has 0 aromatic rings. The van der Waals surface area contributed by atoms with E-state index in [4.69, 9.17) is 9.47 Å². The molecule has 0 unspecified atom stereocenters. The maximum atomic E-state index is 12.3. The number of ether oxygens (including phenoxy) is 2. The van der Waals surface area contributed by atoms with Crippen molar-refractivity contribution < 1.29 is 19.1 Å². The van der Waals surface area contributed by atoms with Crippen molar-refractivity contribution in [1.29, 1.82) is 0 Å². The van der Waals surface area contributed by atoms with Gasteiger partial charge in [0.2, 0.25) is 0 Å². The Morgan fingerprint density at radius 3 is 2.04 bits per heavy atom. The molecule has 4 aliphatic carbocycles. The second-order valence-corrected chi connectivity index (χ2v) is 9.96. The predicted molar refractivity (Wildman–Crippen MR) is 89.8 cm³/mol. The van der Waals surface area contributed by atoms with Crippen LogP contribution in [0.25, 0.3) is 0 Å². The van der Waals surface area contributed by atoms with Crippen LogP contribution in [-0.2, 0) is 19.1 Å². The van der Waals surface area contributed by atoms with E-state index >= 15 is 0 Å². The van der Waals surface area contributed by atoms with Gasteiger partial charge in [0.25, 0.3) is 0 Å². The molecule has 0 aromatic heterocycles. The van der Waals surface area contributed by atoms with E-state index in [9.17, 15) is 9.59 Å². The van der Waals surface area contributed by atoms with E-state index in [-0.39, 0.29) is 12.1 Å². The normalized spacial score (nSPS) is 36.0. The van der Waals surface area contributed by atoms with Gasteiger partial charge in [-0.25, -0.2) is 4.79 Å². The van der Waals surface area contributed by atoms with Crippen molar-refractivity contribution in [2.75, 3.05) is 0 Å². The molecular formula is C18H25BrO4. The fraction of sp³-hybridized carbons (Fsp3) is 0.778. The van der Waals surface area contributed by atoms with Crippen LogP contribution in [0.3, 0.4) is 0 Å². The number of hydrogen-bond acceptors (Lipinski definition) is 4. The lowest BCUT2D eigenvalue weighted by molar-refractivity contribution is -0.166. The highest BCUT2D eigenvalue weighted by atomic mass is 79.9. The van der Waals surface area contributed by atoms with Gasteiger partial charge in [-0.3, -0.25) is 4.79 Å². The van der Waals surface area contributed by atoms with Crippen molar-refractivity contribution in [1.82, 2.24) is 0 Å². The lowest BCUT2D eigenvalue weighted by Crippen LogP contribution is -2.50. The molecule has 4 nitrogen and oxygen atoms in total. The molecule has 4 aliphatic rings. The van der Waals surface area contributed by atoms with E-state index in [1.165, 1.54) is 38.4 Å². The number of esters is 2. The lowest BCUT2D eigenvalue weighted by atomic mass is 9.55. The number of alkyl halides is 1. The second kappa shape index (κ2) is 6.23. The SMILES string of the molecule is CC(=COC(=O)C(C)(C)Br)C(=O)OC1C2CC3CC(C2)CC1C3. The van der Waals surface area contributed by atoms with Crippen LogP contribution in [0.5, 0.6) is 0 Å². The van der Waals surface area contributed by atoms with Crippen LogP contribution in [0.2, 0.25) is 0 Å². The average Bonchev–Trinajstić information content (AvgIpc) is 2.46. The second-order valence-electron chi connectivity index (χ2n) is 7.98. The van der Waals surface area contributed by atoms with Gasteiger partial charge in [-0.05, 0) is 76.5 Å². The molecule has 128 valence electrons. The summed E-state index contributed by atoms with van der Waals surface area (Å²) in [4.78, 5) is 24.0. The minimum absolute atomic E-state index is 0.0574. The fourth-order valence-corrected chi connectivity index (χ4v) is 4.71. The minimum Gasteiger partial charge on any atom is -0.458 e. The van der Waals surface area contributed by atoms with Crippen molar-refractivity contribution in [2.24, 2.45) is 23.7 Å². The Labute approximate surface area is 146 Å². The summed E-state index contributed by atoms with van der Waals surface area (Å²) >= 11 is 3.23. The topological polar surface area (TPSA) is 52.6 Å². The quantitative estimate of drug-likeness (QED) is 0.318. The number of carbonyl (C=O) groups is 2. The third-order valence-corrected chi connectivity index (χ3v) is 5.86. The van der Waals surface area contributed by atoms with E-state index in [1.807, 2.05) is 0 Å². The van der Waals surface area contributed by atoms with E-state index in [0.717, 1.165) is 11.8 Å². The molecule has 23 heavy (non-hydrogen) atoms. The Hall–Kier alpha value is -0.840. The summed E-state index contributed by atoms with van der Waals surface area (Å²) in [5.74, 6) is 1.98. The zero-order valence-electron chi connectivity index (χ0n) is 14.0. The Bertz CT molecular complexity index is 504. The summed E-state index contributed by atoms with van der Waals surface area (Å²) in [6, 6.07) is 0. The van der Waals surface area contributed by atoms with Gasteiger partial charge in [-0.1, -0.05) is 15.9 Å². The van der Waals surface area contributed by atoms with Gasteiger partial charge in [0.05, 0.1) is 5.57 Å². The molecule has 0 N–H and O–H groups in total. The number of halogens is 1. The number of carbonyl (C=O) groups excluding carboxylic acids is 2. The standard InChI is InChI=1S/C18H25BrO4/c1-10(9-22-17(21)18(2,3)19)16(20)23-15-13-5-11-4-12(7-13)8-14(15)6-11/h9,11-15H,4-8H2,1-3H3. The van der Waals surface area contributed by atoms with Crippen LogP contribution in [0.15, 0.2) is 11.8 Å². The highest BCUT2D eigenvalue weighted by Gasteiger charge is 2.49. The molecule has 4 bridgehead atoms. The van der Waals surface area contributed by atoms with Crippen LogP contribution in [0.4, 0.5) is 0 Å². The van der Waals surface area contributed by atoms with E-state index in [1.54, 1.807) is 20.8 Å². The summed E-state index contributed by atoms with van der Waals surface area (Å²) in [5.41, 5.74) is 0.337. The zero-order chi connectivity index (χ0) is 16.8. The summed E-state index contributed by atoms with van der Waals surface area (Å²) in [6.45, 7) is 5.03. The Morgan fingerprint density at radius 2 is 1.57 bits per heavy atom. The van der Waals surface area contributed by atoms with Crippen molar-refractivity contribution in [3.63, 3.8) is 0 Å². The maximum absolute atomic E-state index is 12.3. The average molecular weight is 385 g/mol. The molecule has 0 saturated heterocycles. The summed E-state index contributed by atoms with van der Waals surface area (Å²) < 4.78 is 10.1.